The third-order valence-corrected chi connectivity index (χ3v) is 6.93. The van der Waals surface area contributed by atoms with E-state index in [9.17, 15) is 4.79 Å². The number of aryl methyl sites for hydroxylation is 1. The van der Waals surface area contributed by atoms with E-state index in [0.717, 1.165) is 42.5 Å². The van der Waals surface area contributed by atoms with Crippen molar-refractivity contribution < 1.29 is 9.53 Å². The van der Waals surface area contributed by atoms with Crippen molar-refractivity contribution in [1.82, 2.24) is 14.7 Å². The summed E-state index contributed by atoms with van der Waals surface area (Å²) in [4.78, 5) is 22.5. The molecule has 0 unspecified atom stereocenters. The Morgan fingerprint density at radius 1 is 0.972 bits per heavy atom. The van der Waals surface area contributed by atoms with E-state index < -0.39 is 0 Å². The average Bonchev–Trinajstić information content (AvgIpc) is 3.32. The molecule has 186 valence electrons. The summed E-state index contributed by atoms with van der Waals surface area (Å²) in [7, 11) is 1.61. The third-order valence-electron chi connectivity index (χ3n) is 6.68. The van der Waals surface area contributed by atoms with Gasteiger partial charge in [-0.2, -0.15) is 0 Å². The lowest BCUT2D eigenvalue weighted by atomic mass is 10.1. The Hall–Kier alpha value is -3.71. The number of piperazine rings is 1. The normalized spacial score (nSPS) is 13.8. The summed E-state index contributed by atoms with van der Waals surface area (Å²) in [6.07, 6.45) is 2.51. The molecule has 1 N–H and O–H groups in total. The van der Waals surface area contributed by atoms with Crippen molar-refractivity contribution in [3.63, 3.8) is 0 Å². The van der Waals surface area contributed by atoms with Crippen molar-refractivity contribution >= 4 is 34.5 Å². The van der Waals surface area contributed by atoms with Crippen LogP contribution in [-0.4, -0.2) is 48.6 Å². The maximum atomic E-state index is 13.1. The van der Waals surface area contributed by atoms with Gasteiger partial charge in [0.05, 0.1) is 12.8 Å². The number of imidazole rings is 1. The Labute approximate surface area is 216 Å². The number of amides is 1. The Balaban J connectivity index is 1.20. The first kappa shape index (κ1) is 24.0. The van der Waals surface area contributed by atoms with Crippen molar-refractivity contribution in [2.45, 2.75) is 19.9 Å². The van der Waals surface area contributed by atoms with Crippen LogP contribution in [0.5, 0.6) is 5.75 Å². The Bertz CT molecular complexity index is 1340. The quantitative estimate of drug-likeness (QED) is 0.392. The Morgan fingerprint density at radius 3 is 2.17 bits per heavy atom. The molecule has 1 fully saturated rings. The fourth-order valence-electron chi connectivity index (χ4n) is 4.70. The first-order chi connectivity index (χ1) is 17.6. The van der Waals surface area contributed by atoms with Gasteiger partial charge in [-0.15, -0.1) is 0 Å². The second-order valence-corrected chi connectivity index (χ2v) is 9.27. The van der Waals surface area contributed by atoms with Crippen molar-refractivity contribution in [3.05, 3.63) is 88.8 Å². The predicted molar refractivity (Wildman–Crippen MR) is 145 cm³/mol. The van der Waals surface area contributed by atoms with Gasteiger partial charge in [0.1, 0.15) is 5.69 Å². The fraction of sp³-hybridized carbons (Fsp3) is 0.286. The summed E-state index contributed by atoms with van der Waals surface area (Å²) in [5.41, 5.74) is 5.43. The van der Waals surface area contributed by atoms with Crippen LogP contribution < -0.4 is 19.9 Å². The number of aromatic nitrogens is 2. The van der Waals surface area contributed by atoms with Crippen LogP contribution >= 0.6 is 11.6 Å². The number of pyridine rings is 1. The van der Waals surface area contributed by atoms with Gasteiger partial charge in [-0.05, 0) is 60.5 Å². The molecule has 0 aliphatic carbocycles. The van der Waals surface area contributed by atoms with Crippen LogP contribution in [0.4, 0.5) is 11.4 Å². The molecule has 0 atom stereocenters. The number of carbonyl (C=O) groups is 1. The predicted octanol–water partition coefficient (Wildman–Crippen LogP) is 4.82. The van der Waals surface area contributed by atoms with Crippen LogP contribution in [0.25, 0.3) is 5.65 Å². The lowest BCUT2D eigenvalue weighted by Crippen LogP contribution is -2.46. The van der Waals surface area contributed by atoms with Crippen molar-refractivity contribution in [1.29, 1.82) is 0 Å². The van der Waals surface area contributed by atoms with Crippen molar-refractivity contribution in [3.8, 4) is 5.75 Å². The van der Waals surface area contributed by atoms with E-state index in [0.29, 0.717) is 30.1 Å². The van der Waals surface area contributed by atoms with Crippen LogP contribution in [0.3, 0.4) is 0 Å². The minimum atomic E-state index is -0.144. The van der Waals surface area contributed by atoms with Crippen LogP contribution in [0, 0.1) is 0 Å². The van der Waals surface area contributed by atoms with Gasteiger partial charge in [-0.25, -0.2) is 4.98 Å². The van der Waals surface area contributed by atoms with E-state index in [2.05, 4.69) is 56.5 Å². The molecule has 1 saturated heterocycles. The van der Waals surface area contributed by atoms with Gasteiger partial charge in [0.15, 0.2) is 11.4 Å². The highest BCUT2D eigenvalue weighted by atomic mass is 35.5. The third kappa shape index (κ3) is 4.84. The molecule has 4 aromatic rings. The molecule has 2 aromatic carbocycles. The highest BCUT2D eigenvalue weighted by Gasteiger charge is 2.20. The largest absolute Gasteiger partial charge is 0.493 e. The van der Waals surface area contributed by atoms with Crippen LogP contribution in [0.1, 0.15) is 28.7 Å². The number of hydrogen-bond acceptors (Lipinski definition) is 5. The lowest BCUT2D eigenvalue weighted by molar-refractivity contribution is 0.0944. The molecule has 8 heteroatoms. The number of ether oxygens (including phenoxy) is 1. The molecule has 5 rings (SSSR count). The molecular weight excluding hydrogens is 474 g/mol. The minimum Gasteiger partial charge on any atom is -0.493 e. The number of nitrogens with zero attached hydrogens (tertiary/aromatic N) is 4. The average molecular weight is 504 g/mol. The smallest absolute Gasteiger partial charge is 0.270 e. The highest BCUT2D eigenvalue weighted by Crippen LogP contribution is 2.24. The molecule has 1 aliphatic heterocycles. The van der Waals surface area contributed by atoms with Crippen molar-refractivity contribution in [2.24, 2.45) is 0 Å². The van der Waals surface area contributed by atoms with Gasteiger partial charge in [0.25, 0.3) is 5.91 Å². The highest BCUT2D eigenvalue weighted by molar-refractivity contribution is 6.30. The molecule has 2 aromatic heterocycles. The molecule has 1 amide bonds. The summed E-state index contributed by atoms with van der Waals surface area (Å²) >= 11 is 6.02. The van der Waals surface area contributed by atoms with E-state index in [-0.39, 0.29) is 5.91 Å². The van der Waals surface area contributed by atoms with Crippen LogP contribution in [-0.2, 0) is 13.0 Å². The molecule has 0 radical (unpaired) electrons. The Morgan fingerprint density at radius 2 is 1.58 bits per heavy atom. The number of anilines is 2. The molecule has 0 saturated carbocycles. The second-order valence-electron chi connectivity index (χ2n) is 8.83. The topological polar surface area (TPSA) is 62.1 Å². The standard InChI is InChI=1S/C28H30ClN5O2/c1-3-24-26(34-14-4-5-25(36-2)27(34)31-24)28(35)30-19-20-6-10-22(11-7-20)32-15-17-33(18-16-32)23-12-8-21(29)9-13-23/h4-14H,3,15-19H2,1-2H3,(H,30,35). The molecule has 0 bridgehead atoms. The van der Waals surface area contributed by atoms with Gasteiger partial charge >= 0.3 is 0 Å². The van der Waals surface area contributed by atoms with E-state index in [1.807, 2.05) is 37.4 Å². The van der Waals surface area contributed by atoms with Crippen molar-refractivity contribution in [2.75, 3.05) is 43.1 Å². The van der Waals surface area contributed by atoms with Gasteiger partial charge in [-0.3, -0.25) is 9.20 Å². The molecule has 1 aliphatic rings. The summed E-state index contributed by atoms with van der Waals surface area (Å²) in [5.74, 6) is 0.505. The summed E-state index contributed by atoms with van der Waals surface area (Å²) < 4.78 is 7.22. The minimum absolute atomic E-state index is 0.144. The number of carbonyl (C=O) groups excluding carboxylic acids is 1. The summed E-state index contributed by atoms with van der Waals surface area (Å²) in [6.45, 7) is 6.28. The zero-order valence-electron chi connectivity index (χ0n) is 20.6. The maximum Gasteiger partial charge on any atom is 0.270 e. The van der Waals surface area contributed by atoms with Crippen LogP contribution in [0.2, 0.25) is 5.02 Å². The number of rotatable bonds is 7. The van der Waals surface area contributed by atoms with E-state index >= 15 is 0 Å². The monoisotopic (exact) mass is 503 g/mol. The van der Waals surface area contributed by atoms with Gasteiger partial charge in [0, 0.05) is 55.3 Å². The SMILES string of the molecule is CCc1nc2c(OC)cccn2c1C(=O)NCc1ccc(N2CCN(c3ccc(Cl)cc3)CC2)cc1. The van der Waals surface area contributed by atoms with Gasteiger partial charge in [0.2, 0.25) is 0 Å². The number of halogens is 1. The lowest BCUT2D eigenvalue weighted by Gasteiger charge is -2.37. The van der Waals surface area contributed by atoms with Gasteiger partial charge < -0.3 is 19.9 Å². The molecule has 3 heterocycles. The summed E-state index contributed by atoms with van der Waals surface area (Å²) in [5, 5.41) is 3.82. The van der Waals surface area contributed by atoms with Crippen LogP contribution in [0.15, 0.2) is 66.9 Å². The second kappa shape index (κ2) is 10.5. The number of benzene rings is 2. The van der Waals surface area contributed by atoms with E-state index in [1.165, 1.54) is 11.4 Å². The van der Waals surface area contributed by atoms with Gasteiger partial charge in [-0.1, -0.05) is 30.7 Å². The zero-order chi connectivity index (χ0) is 25.1. The maximum absolute atomic E-state index is 13.1. The molecule has 36 heavy (non-hydrogen) atoms. The number of nitrogens with one attached hydrogen (secondary N) is 1. The first-order valence-electron chi connectivity index (χ1n) is 12.2. The Kier molecular flexibility index (Phi) is 7.00. The molecule has 7 nitrogen and oxygen atoms in total. The number of fused-ring (bicyclic) bond motifs is 1. The number of hydrogen-bond donors (Lipinski definition) is 1. The van der Waals surface area contributed by atoms with E-state index in [4.69, 9.17) is 16.3 Å². The zero-order valence-corrected chi connectivity index (χ0v) is 21.3. The fourth-order valence-corrected chi connectivity index (χ4v) is 4.83. The molecular formula is C28H30ClN5O2. The number of methoxy groups -OCH3 is 1. The first-order valence-corrected chi connectivity index (χ1v) is 12.6. The van der Waals surface area contributed by atoms with E-state index in [1.54, 1.807) is 11.5 Å². The molecule has 0 spiro atoms. The summed E-state index contributed by atoms with van der Waals surface area (Å²) in [6, 6.07) is 20.2.